The number of carbonyl (C=O) groups is 1. The number of aliphatic hydroxyl groups is 2. The van der Waals surface area contributed by atoms with Crippen LogP contribution in [0.1, 0.15) is 6.92 Å². The molecule has 0 aromatic carbocycles. The second kappa shape index (κ2) is 3.47. The Morgan fingerprint density at radius 3 is 2.71 bits per heavy atom. The fourth-order valence-corrected chi connectivity index (χ4v) is 1.75. The SMILES string of the molecule is CC(=O)N[C@@H]1[C@@H](O)[C@@H]2OC[C@H]2O[C@H]1O. The Morgan fingerprint density at radius 1 is 1.50 bits per heavy atom. The molecule has 6 heteroatoms. The van der Waals surface area contributed by atoms with Crippen molar-refractivity contribution < 1.29 is 24.5 Å². The molecule has 2 aliphatic heterocycles. The molecule has 2 rings (SSSR count). The molecule has 2 saturated heterocycles. The molecule has 0 spiro atoms. The molecule has 5 atom stereocenters. The van der Waals surface area contributed by atoms with Crippen molar-refractivity contribution in [2.75, 3.05) is 6.61 Å². The maximum atomic E-state index is 10.8. The lowest BCUT2D eigenvalue weighted by Crippen LogP contribution is -2.69. The van der Waals surface area contributed by atoms with Crippen LogP contribution in [-0.4, -0.2) is 53.4 Å². The lowest BCUT2D eigenvalue weighted by Gasteiger charge is -2.48. The minimum Gasteiger partial charge on any atom is -0.388 e. The van der Waals surface area contributed by atoms with Gasteiger partial charge in [0.1, 0.15) is 24.4 Å². The molecule has 6 nitrogen and oxygen atoms in total. The summed E-state index contributed by atoms with van der Waals surface area (Å²) in [6.45, 7) is 1.69. The summed E-state index contributed by atoms with van der Waals surface area (Å²) in [5.41, 5.74) is 0. The van der Waals surface area contributed by atoms with Gasteiger partial charge in [0.2, 0.25) is 5.91 Å². The summed E-state index contributed by atoms with van der Waals surface area (Å²) in [5, 5.41) is 21.6. The van der Waals surface area contributed by atoms with E-state index < -0.39 is 24.5 Å². The molecule has 0 radical (unpaired) electrons. The maximum absolute atomic E-state index is 10.8. The second-order valence-electron chi connectivity index (χ2n) is 3.58. The number of ether oxygens (including phenoxy) is 2. The lowest BCUT2D eigenvalue weighted by atomic mass is 9.93. The van der Waals surface area contributed by atoms with Gasteiger partial charge in [0.25, 0.3) is 0 Å². The van der Waals surface area contributed by atoms with Crippen LogP contribution in [-0.2, 0) is 14.3 Å². The summed E-state index contributed by atoms with van der Waals surface area (Å²) in [6, 6.07) is -0.811. The van der Waals surface area contributed by atoms with Crippen LogP contribution in [0, 0.1) is 0 Å². The van der Waals surface area contributed by atoms with E-state index in [0.717, 1.165) is 0 Å². The normalized spacial score (nSPS) is 46.4. The average Bonchev–Trinajstić information content (AvgIpc) is 2.05. The van der Waals surface area contributed by atoms with Gasteiger partial charge >= 0.3 is 0 Å². The van der Waals surface area contributed by atoms with E-state index in [1.807, 2.05) is 0 Å². The zero-order valence-corrected chi connectivity index (χ0v) is 7.71. The molecule has 1 amide bonds. The predicted octanol–water partition coefficient (Wildman–Crippen LogP) is -2.03. The van der Waals surface area contributed by atoms with Crippen LogP contribution in [0.25, 0.3) is 0 Å². The Morgan fingerprint density at radius 2 is 2.21 bits per heavy atom. The van der Waals surface area contributed by atoms with Crippen LogP contribution in [0.15, 0.2) is 0 Å². The highest BCUT2D eigenvalue weighted by Crippen LogP contribution is 2.29. The van der Waals surface area contributed by atoms with Gasteiger partial charge < -0.3 is 25.0 Å². The largest absolute Gasteiger partial charge is 0.388 e. The Kier molecular flexibility index (Phi) is 2.44. The van der Waals surface area contributed by atoms with E-state index in [4.69, 9.17) is 9.47 Å². The van der Waals surface area contributed by atoms with E-state index in [1.165, 1.54) is 6.92 Å². The van der Waals surface area contributed by atoms with Gasteiger partial charge in [-0.2, -0.15) is 0 Å². The number of aliphatic hydroxyl groups excluding tert-OH is 2. The van der Waals surface area contributed by atoms with E-state index in [0.29, 0.717) is 6.61 Å². The quantitative estimate of drug-likeness (QED) is 0.457. The van der Waals surface area contributed by atoms with Gasteiger partial charge in [-0.3, -0.25) is 4.79 Å². The van der Waals surface area contributed by atoms with Crippen molar-refractivity contribution in [2.24, 2.45) is 0 Å². The molecule has 3 N–H and O–H groups in total. The number of nitrogens with one attached hydrogen (secondary N) is 1. The molecule has 0 unspecified atom stereocenters. The number of hydrogen-bond acceptors (Lipinski definition) is 5. The number of fused-ring (bicyclic) bond motifs is 1. The first-order valence-electron chi connectivity index (χ1n) is 4.50. The fourth-order valence-electron chi connectivity index (χ4n) is 1.75. The maximum Gasteiger partial charge on any atom is 0.217 e. The molecule has 2 aliphatic rings. The first-order chi connectivity index (χ1) is 6.59. The van der Waals surface area contributed by atoms with Crippen molar-refractivity contribution in [2.45, 2.75) is 37.6 Å². The molecule has 0 bridgehead atoms. The zero-order chi connectivity index (χ0) is 10.3. The van der Waals surface area contributed by atoms with Crippen LogP contribution in [0.5, 0.6) is 0 Å². The van der Waals surface area contributed by atoms with E-state index in [9.17, 15) is 15.0 Å². The van der Waals surface area contributed by atoms with Gasteiger partial charge in [0, 0.05) is 6.92 Å². The fraction of sp³-hybridized carbons (Fsp3) is 0.875. The Labute approximate surface area is 80.8 Å². The van der Waals surface area contributed by atoms with Crippen LogP contribution in [0.4, 0.5) is 0 Å². The Balaban J connectivity index is 2.03. The standard InChI is InChI=1S/C8H13NO5/c1-3(10)9-5-6(11)7-4(2-13-7)14-8(5)12/h4-8,11-12H,2H2,1H3,(H,9,10)/t4-,5-,6-,7-,8-/m1/s1. The number of rotatable bonds is 1. The smallest absolute Gasteiger partial charge is 0.217 e. The van der Waals surface area contributed by atoms with Crippen LogP contribution >= 0.6 is 0 Å². The third-order valence-corrected chi connectivity index (χ3v) is 2.52. The van der Waals surface area contributed by atoms with Gasteiger partial charge in [-0.15, -0.1) is 0 Å². The molecule has 80 valence electrons. The first kappa shape index (κ1) is 9.85. The minimum atomic E-state index is -1.17. The lowest BCUT2D eigenvalue weighted by molar-refractivity contribution is -0.317. The predicted molar refractivity (Wildman–Crippen MR) is 44.2 cm³/mol. The van der Waals surface area contributed by atoms with E-state index in [-0.39, 0.29) is 12.0 Å². The number of hydrogen-bond donors (Lipinski definition) is 3. The second-order valence-corrected chi connectivity index (χ2v) is 3.58. The third kappa shape index (κ3) is 1.50. The molecule has 2 fully saturated rings. The summed E-state index contributed by atoms with van der Waals surface area (Å²) in [7, 11) is 0. The van der Waals surface area contributed by atoms with E-state index >= 15 is 0 Å². The molecule has 14 heavy (non-hydrogen) atoms. The summed E-state index contributed by atoms with van der Waals surface area (Å²) in [6.07, 6.45) is -2.78. The van der Waals surface area contributed by atoms with Crippen molar-refractivity contribution in [3.05, 3.63) is 0 Å². The van der Waals surface area contributed by atoms with Crippen LogP contribution in [0.2, 0.25) is 0 Å². The molecule has 0 aromatic rings. The highest BCUT2D eigenvalue weighted by Gasteiger charge is 2.50. The summed E-state index contributed by atoms with van der Waals surface area (Å²) in [4.78, 5) is 10.8. The van der Waals surface area contributed by atoms with Gasteiger partial charge in [-0.25, -0.2) is 0 Å². The molecule has 0 aromatic heterocycles. The van der Waals surface area contributed by atoms with Crippen molar-refractivity contribution in [1.82, 2.24) is 5.32 Å². The summed E-state index contributed by atoms with van der Waals surface area (Å²) in [5.74, 6) is -0.325. The zero-order valence-electron chi connectivity index (χ0n) is 7.71. The van der Waals surface area contributed by atoms with Crippen molar-refractivity contribution in [1.29, 1.82) is 0 Å². The topological polar surface area (TPSA) is 88.0 Å². The van der Waals surface area contributed by atoms with Crippen molar-refractivity contribution in [3.63, 3.8) is 0 Å². The minimum absolute atomic E-state index is 0.259. The molecule has 0 saturated carbocycles. The summed E-state index contributed by atoms with van der Waals surface area (Å²) >= 11 is 0. The number of amides is 1. The summed E-state index contributed by atoms with van der Waals surface area (Å²) < 4.78 is 10.2. The highest BCUT2D eigenvalue weighted by molar-refractivity contribution is 5.73. The number of carbonyl (C=O) groups excluding carboxylic acids is 1. The average molecular weight is 203 g/mol. The van der Waals surface area contributed by atoms with Crippen LogP contribution < -0.4 is 5.32 Å². The van der Waals surface area contributed by atoms with Gasteiger partial charge in [-0.05, 0) is 0 Å². The monoisotopic (exact) mass is 203 g/mol. The van der Waals surface area contributed by atoms with Crippen molar-refractivity contribution >= 4 is 5.91 Å². The molecule has 2 heterocycles. The molecular formula is C8H13NO5. The van der Waals surface area contributed by atoms with Crippen LogP contribution in [0.3, 0.4) is 0 Å². The highest BCUT2D eigenvalue weighted by atomic mass is 16.7. The molecule has 0 aliphatic carbocycles. The van der Waals surface area contributed by atoms with Gasteiger partial charge in [0.15, 0.2) is 6.29 Å². The van der Waals surface area contributed by atoms with E-state index in [1.54, 1.807) is 0 Å². The van der Waals surface area contributed by atoms with Crippen molar-refractivity contribution in [3.8, 4) is 0 Å². The molecular weight excluding hydrogens is 190 g/mol. The van der Waals surface area contributed by atoms with Gasteiger partial charge in [0.05, 0.1) is 6.61 Å². The Bertz CT molecular complexity index is 246. The first-order valence-corrected chi connectivity index (χ1v) is 4.50. The third-order valence-electron chi connectivity index (χ3n) is 2.52. The van der Waals surface area contributed by atoms with E-state index in [2.05, 4.69) is 5.32 Å². The van der Waals surface area contributed by atoms with Gasteiger partial charge in [-0.1, -0.05) is 0 Å². The Hall–Kier alpha value is -0.690.